The van der Waals surface area contributed by atoms with E-state index in [9.17, 15) is 4.79 Å². The molecule has 2 aromatic heterocycles. The van der Waals surface area contributed by atoms with Crippen molar-refractivity contribution in [1.82, 2.24) is 19.5 Å². The first-order chi connectivity index (χ1) is 11.5. The van der Waals surface area contributed by atoms with Crippen LogP contribution in [-0.2, 0) is 16.1 Å². The minimum atomic E-state index is -0.531. The van der Waals surface area contributed by atoms with Crippen molar-refractivity contribution in [3.05, 3.63) is 28.5 Å². The number of nitrogens with zero attached hydrogens (tertiary/aromatic N) is 4. The Labute approximate surface area is 147 Å². The van der Waals surface area contributed by atoms with Crippen LogP contribution in [0, 0.1) is 0 Å². The highest BCUT2D eigenvalue weighted by Gasteiger charge is 2.17. The highest BCUT2D eigenvalue weighted by molar-refractivity contribution is 9.10. The number of imidazole rings is 1. The molecule has 0 aliphatic carbocycles. The van der Waals surface area contributed by atoms with Crippen molar-refractivity contribution in [2.75, 3.05) is 19.5 Å². The van der Waals surface area contributed by atoms with Crippen LogP contribution in [0.4, 0.5) is 5.82 Å². The molecule has 2 aromatic rings. The molecule has 0 spiro atoms. The smallest absolute Gasteiger partial charge is 0.344 e. The van der Waals surface area contributed by atoms with Gasteiger partial charge in [0, 0.05) is 0 Å². The molecule has 2 heterocycles. The fraction of sp³-hybridized carbons (Fsp3) is 0.333. The largest absolute Gasteiger partial charge is 0.466 e. The number of fused-ring (bicyclic) bond motifs is 1. The number of carbonyl (C=O) groups is 1. The Kier molecular flexibility index (Phi) is 5.91. The third-order valence-corrected chi connectivity index (χ3v) is 3.80. The average molecular weight is 396 g/mol. The van der Waals surface area contributed by atoms with Gasteiger partial charge in [0.15, 0.2) is 28.3 Å². The van der Waals surface area contributed by atoms with Gasteiger partial charge in [0.2, 0.25) is 0 Å². The number of nitrogen functional groups attached to an aromatic ring is 1. The molecule has 0 saturated carbocycles. The summed E-state index contributed by atoms with van der Waals surface area (Å²) in [6, 6.07) is -0.00730. The summed E-state index contributed by atoms with van der Waals surface area (Å²) in [6.45, 7) is 4.15. The molecular weight excluding hydrogens is 378 g/mol. The van der Waals surface area contributed by atoms with Gasteiger partial charge in [-0.25, -0.2) is 9.78 Å². The normalized spacial score (nSPS) is 12.1. The third kappa shape index (κ3) is 3.91. The van der Waals surface area contributed by atoms with Crippen LogP contribution >= 0.6 is 15.9 Å². The zero-order chi connectivity index (χ0) is 17.7. The number of halogens is 1. The summed E-state index contributed by atoms with van der Waals surface area (Å²) in [4.78, 5) is 23.8. The second-order valence-electron chi connectivity index (χ2n) is 4.76. The molecule has 0 aliphatic rings. The van der Waals surface area contributed by atoms with Gasteiger partial charge in [0.25, 0.3) is 0 Å². The fourth-order valence-electron chi connectivity index (χ4n) is 2.00. The summed E-state index contributed by atoms with van der Waals surface area (Å²) < 4.78 is 12.2. The van der Waals surface area contributed by atoms with Gasteiger partial charge in [-0.1, -0.05) is 18.2 Å². The van der Waals surface area contributed by atoms with Crippen molar-refractivity contribution in [1.29, 1.82) is 0 Å². The van der Waals surface area contributed by atoms with Crippen LogP contribution in [0.2, 0.25) is 0 Å². The number of aromatic nitrogens is 4. The van der Waals surface area contributed by atoms with Crippen LogP contribution in [0.5, 0.6) is 6.01 Å². The maximum atomic E-state index is 11.2. The van der Waals surface area contributed by atoms with Gasteiger partial charge in [-0.2, -0.15) is 9.97 Å². The number of carbonyl (C=O) groups excluding carboxylic acids is 1. The lowest BCUT2D eigenvalue weighted by molar-refractivity contribution is -0.143. The van der Waals surface area contributed by atoms with Gasteiger partial charge in [0.1, 0.15) is 0 Å². The second kappa shape index (κ2) is 7.91. The predicted molar refractivity (Wildman–Crippen MR) is 93.5 cm³/mol. The summed E-state index contributed by atoms with van der Waals surface area (Å²) in [7, 11) is 1.27. The quantitative estimate of drug-likeness (QED) is 0.454. The molecule has 128 valence electrons. The Morgan fingerprint density at radius 3 is 2.71 bits per heavy atom. The van der Waals surface area contributed by atoms with Crippen molar-refractivity contribution in [3.63, 3.8) is 0 Å². The first-order valence-electron chi connectivity index (χ1n) is 7.16. The number of methoxy groups -OCH3 is 1. The topological polar surface area (TPSA) is 105 Å². The van der Waals surface area contributed by atoms with Gasteiger partial charge in [0.05, 0.1) is 13.7 Å². The molecule has 0 unspecified atom stereocenters. The summed E-state index contributed by atoms with van der Waals surface area (Å²) in [6.07, 6.45) is 5.95. The Morgan fingerprint density at radius 2 is 2.08 bits per heavy atom. The first kappa shape index (κ1) is 17.9. The molecule has 0 atom stereocenters. The Balaban J connectivity index is 2.42. The predicted octanol–water partition coefficient (Wildman–Crippen LogP) is 2.25. The lowest BCUT2D eigenvalue weighted by Gasteiger charge is -2.08. The average Bonchev–Trinajstić information content (AvgIpc) is 2.88. The number of nitrogens with two attached hydrogens (primary N) is 1. The summed E-state index contributed by atoms with van der Waals surface area (Å²) in [5, 5.41) is 0. The van der Waals surface area contributed by atoms with E-state index in [4.69, 9.17) is 10.5 Å². The molecule has 2 N–H and O–H groups in total. The minimum Gasteiger partial charge on any atom is -0.466 e. The standard InChI is InChI=1S/C15H18BrN5O3/c1-4-6-9(5-2)7-21-13-11(18-14(21)16)12(17)19-15(20-13)24-8-10(22)23-3/h4-6H,7-8H2,1-3H3,(H2,17,19,20)/b6-4-,9-5+. The van der Waals surface area contributed by atoms with E-state index in [0.29, 0.717) is 22.4 Å². The van der Waals surface area contributed by atoms with Crippen LogP contribution < -0.4 is 10.5 Å². The molecule has 0 saturated heterocycles. The Bertz CT molecular complexity index is 813. The maximum Gasteiger partial charge on any atom is 0.344 e. The molecule has 8 nitrogen and oxygen atoms in total. The minimum absolute atomic E-state index is 0.00730. The molecule has 24 heavy (non-hydrogen) atoms. The number of anilines is 1. The molecule has 0 aliphatic heterocycles. The van der Waals surface area contributed by atoms with Crippen LogP contribution in [0.25, 0.3) is 11.2 Å². The van der Waals surface area contributed by atoms with E-state index >= 15 is 0 Å². The molecule has 9 heteroatoms. The molecule has 0 radical (unpaired) electrons. The van der Waals surface area contributed by atoms with E-state index in [1.54, 1.807) is 0 Å². The van der Waals surface area contributed by atoms with Crippen molar-refractivity contribution in [2.45, 2.75) is 20.4 Å². The van der Waals surface area contributed by atoms with Gasteiger partial charge >= 0.3 is 12.0 Å². The van der Waals surface area contributed by atoms with E-state index in [1.807, 2.05) is 36.6 Å². The van der Waals surface area contributed by atoms with Gasteiger partial charge < -0.3 is 15.2 Å². The first-order valence-corrected chi connectivity index (χ1v) is 7.96. The van der Waals surface area contributed by atoms with Crippen LogP contribution in [0.3, 0.4) is 0 Å². The number of esters is 1. The number of ether oxygens (including phenoxy) is 2. The van der Waals surface area contributed by atoms with E-state index in [-0.39, 0.29) is 18.4 Å². The summed E-state index contributed by atoms with van der Waals surface area (Å²) >= 11 is 3.41. The lowest BCUT2D eigenvalue weighted by Crippen LogP contribution is -2.14. The lowest BCUT2D eigenvalue weighted by atomic mass is 10.2. The van der Waals surface area contributed by atoms with Crippen molar-refractivity contribution in [3.8, 4) is 6.01 Å². The number of rotatable bonds is 6. The van der Waals surface area contributed by atoms with Crippen molar-refractivity contribution in [2.24, 2.45) is 0 Å². The van der Waals surface area contributed by atoms with Gasteiger partial charge in [-0.05, 0) is 35.4 Å². The molecular formula is C15H18BrN5O3. The summed E-state index contributed by atoms with van der Waals surface area (Å²) in [5.41, 5.74) is 7.98. The van der Waals surface area contributed by atoms with Crippen LogP contribution in [0.1, 0.15) is 13.8 Å². The number of allylic oxidation sites excluding steroid dienone is 4. The van der Waals surface area contributed by atoms with Gasteiger partial charge in [-0.3, -0.25) is 4.57 Å². The highest BCUT2D eigenvalue weighted by atomic mass is 79.9. The SMILES string of the molecule is C/C=C\C(=C/C)Cn1c(Br)nc2c(N)nc(OCC(=O)OC)nc21. The number of hydrogen-bond acceptors (Lipinski definition) is 7. The molecule has 0 amide bonds. The Morgan fingerprint density at radius 1 is 1.33 bits per heavy atom. The third-order valence-electron chi connectivity index (χ3n) is 3.19. The van der Waals surface area contributed by atoms with Gasteiger partial charge in [-0.15, -0.1) is 0 Å². The number of hydrogen-bond donors (Lipinski definition) is 1. The second-order valence-corrected chi connectivity index (χ2v) is 5.47. The van der Waals surface area contributed by atoms with E-state index < -0.39 is 5.97 Å². The van der Waals surface area contributed by atoms with Crippen molar-refractivity contribution < 1.29 is 14.3 Å². The zero-order valence-electron chi connectivity index (χ0n) is 13.6. The fourth-order valence-corrected chi connectivity index (χ4v) is 2.47. The molecule has 0 bridgehead atoms. The molecule has 2 rings (SSSR count). The molecule has 0 aromatic carbocycles. The van der Waals surface area contributed by atoms with Crippen molar-refractivity contribution >= 4 is 38.9 Å². The van der Waals surface area contributed by atoms with Crippen LogP contribution in [0.15, 0.2) is 28.5 Å². The Hall–Kier alpha value is -2.42. The maximum absolute atomic E-state index is 11.2. The summed E-state index contributed by atoms with van der Waals surface area (Å²) in [5.74, 6) is -0.358. The molecule has 0 fully saturated rings. The van der Waals surface area contributed by atoms with E-state index in [2.05, 4.69) is 35.6 Å². The van der Waals surface area contributed by atoms with E-state index in [1.165, 1.54) is 7.11 Å². The highest BCUT2D eigenvalue weighted by Crippen LogP contribution is 2.25. The van der Waals surface area contributed by atoms with E-state index in [0.717, 1.165) is 5.57 Å². The van der Waals surface area contributed by atoms with Crippen LogP contribution in [-0.4, -0.2) is 39.2 Å². The zero-order valence-corrected chi connectivity index (χ0v) is 15.2. The monoisotopic (exact) mass is 395 g/mol.